The molecule has 0 saturated heterocycles. The minimum Gasteiger partial charge on any atom is -0.359 e. The number of hydrogen-bond donors (Lipinski definition) is 2. The summed E-state index contributed by atoms with van der Waals surface area (Å²) in [6, 6.07) is 2.03. The van der Waals surface area contributed by atoms with Crippen LogP contribution >= 0.6 is 24.0 Å². The van der Waals surface area contributed by atoms with E-state index in [1.54, 1.807) is 0 Å². The highest BCUT2D eigenvalue weighted by Gasteiger charge is 2.12. The maximum Gasteiger partial charge on any atom is 0.191 e. The van der Waals surface area contributed by atoms with Crippen molar-refractivity contribution in [2.75, 3.05) is 13.1 Å². The van der Waals surface area contributed by atoms with Gasteiger partial charge in [-0.05, 0) is 26.2 Å². The molecule has 0 spiro atoms. The zero-order valence-corrected chi connectivity index (χ0v) is 15.9. The lowest BCUT2D eigenvalue weighted by Crippen LogP contribution is -2.37. The fourth-order valence-electron chi connectivity index (χ4n) is 2.04. The van der Waals surface area contributed by atoms with E-state index in [9.17, 15) is 0 Å². The zero-order valence-electron chi connectivity index (χ0n) is 13.6. The van der Waals surface area contributed by atoms with Crippen molar-refractivity contribution in [2.24, 2.45) is 4.99 Å². The van der Waals surface area contributed by atoms with Crippen LogP contribution in [0.25, 0.3) is 0 Å². The Morgan fingerprint density at radius 2 is 1.95 bits per heavy atom. The monoisotopic (exact) mass is 408 g/mol. The highest BCUT2D eigenvalue weighted by molar-refractivity contribution is 14.0. The van der Waals surface area contributed by atoms with E-state index in [1.807, 2.05) is 6.07 Å². The summed E-state index contributed by atoms with van der Waals surface area (Å²) in [5.74, 6) is 2.14. The molecule has 0 amide bonds. The van der Waals surface area contributed by atoms with Crippen LogP contribution in [-0.4, -0.2) is 24.2 Å². The Hall–Kier alpha value is -0.790. The van der Waals surface area contributed by atoms with E-state index < -0.39 is 0 Å². The van der Waals surface area contributed by atoms with E-state index in [-0.39, 0.29) is 24.0 Å². The van der Waals surface area contributed by atoms with Gasteiger partial charge < -0.3 is 15.2 Å². The van der Waals surface area contributed by atoms with Crippen molar-refractivity contribution >= 4 is 29.9 Å². The predicted octanol–water partition coefficient (Wildman–Crippen LogP) is 3.66. The second-order valence-electron chi connectivity index (χ2n) is 4.85. The van der Waals surface area contributed by atoms with Crippen LogP contribution in [0.5, 0.6) is 0 Å². The summed E-state index contributed by atoms with van der Waals surface area (Å²) in [7, 11) is 0. The third kappa shape index (κ3) is 7.15. The number of hydrogen-bond acceptors (Lipinski definition) is 3. The SMILES string of the molecule is CCCNC(=NCc1cc(C(CC)CC)no1)NCC.I. The van der Waals surface area contributed by atoms with E-state index in [1.165, 1.54) is 0 Å². The Labute approximate surface area is 145 Å². The van der Waals surface area contributed by atoms with Crippen LogP contribution < -0.4 is 10.6 Å². The summed E-state index contributed by atoms with van der Waals surface area (Å²) >= 11 is 0. The van der Waals surface area contributed by atoms with E-state index in [0.717, 1.165) is 49.8 Å². The average molecular weight is 408 g/mol. The van der Waals surface area contributed by atoms with Gasteiger partial charge in [-0.2, -0.15) is 0 Å². The maximum absolute atomic E-state index is 5.37. The molecule has 1 aromatic rings. The molecule has 0 aliphatic carbocycles. The van der Waals surface area contributed by atoms with Crippen LogP contribution in [0.4, 0.5) is 0 Å². The van der Waals surface area contributed by atoms with Crippen LogP contribution in [0.3, 0.4) is 0 Å². The Balaban J connectivity index is 0.00000400. The van der Waals surface area contributed by atoms with Crippen molar-refractivity contribution in [1.29, 1.82) is 0 Å². The Morgan fingerprint density at radius 3 is 2.52 bits per heavy atom. The van der Waals surface area contributed by atoms with E-state index >= 15 is 0 Å². The van der Waals surface area contributed by atoms with Gasteiger partial charge in [0, 0.05) is 25.1 Å². The maximum atomic E-state index is 5.37. The Bertz CT molecular complexity index is 402. The zero-order chi connectivity index (χ0) is 14.8. The van der Waals surface area contributed by atoms with Gasteiger partial charge in [0.15, 0.2) is 11.7 Å². The van der Waals surface area contributed by atoms with Crippen LogP contribution in [0, 0.1) is 0 Å². The molecule has 0 unspecified atom stereocenters. The van der Waals surface area contributed by atoms with Crippen molar-refractivity contribution in [2.45, 2.75) is 59.4 Å². The van der Waals surface area contributed by atoms with Crippen LogP contribution in [0.15, 0.2) is 15.6 Å². The first-order valence-corrected chi connectivity index (χ1v) is 7.72. The normalized spacial score (nSPS) is 11.4. The third-order valence-corrected chi connectivity index (χ3v) is 3.26. The van der Waals surface area contributed by atoms with Gasteiger partial charge in [-0.15, -0.1) is 24.0 Å². The molecule has 0 aliphatic rings. The fraction of sp³-hybridized carbons (Fsp3) is 0.733. The molecule has 122 valence electrons. The lowest BCUT2D eigenvalue weighted by molar-refractivity contribution is 0.372. The molecule has 5 nitrogen and oxygen atoms in total. The molecular weight excluding hydrogens is 379 g/mol. The largest absolute Gasteiger partial charge is 0.359 e. The van der Waals surface area contributed by atoms with Gasteiger partial charge in [0.25, 0.3) is 0 Å². The van der Waals surface area contributed by atoms with Gasteiger partial charge in [-0.25, -0.2) is 4.99 Å². The van der Waals surface area contributed by atoms with Crippen molar-refractivity contribution in [3.05, 3.63) is 17.5 Å². The number of aliphatic imine (C=N–C) groups is 1. The van der Waals surface area contributed by atoms with E-state index in [4.69, 9.17) is 4.52 Å². The van der Waals surface area contributed by atoms with E-state index in [0.29, 0.717) is 12.5 Å². The van der Waals surface area contributed by atoms with Gasteiger partial charge in [0.2, 0.25) is 0 Å². The third-order valence-electron chi connectivity index (χ3n) is 3.26. The molecule has 0 radical (unpaired) electrons. The highest BCUT2D eigenvalue weighted by Crippen LogP contribution is 2.22. The predicted molar refractivity (Wildman–Crippen MR) is 98.4 cm³/mol. The van der Waals surface area contributed by atoms with Crippen molar-refractivity contribution in [3.63, 3.8) is 0 Å². The molecule has 0 fully saturated rings. The standard InChI is InChI=1S/C15H28N4O.HI/c1-5-9-17-15(16-8-4)18-11-13-10-14(19-20-13)12(6-2)7-3;/h10,12H,5-9,11H2,1-4H3,(H2,16,17,18);1H. The first kappa shape index (κ1) is 20.2. The van der Waals surface area contributed by atoms with Gasteiger partial charge in [-0.1, -0.05) is 25.9 Å². The molecule has 0 bridgehead atoms. The van der Waals surface area contributed by atoms with Gasteiger partial charge in [0.05, 0.1) is 5.69 Å². The summed E-state index contributed by atoms with van der Waals surface area (Å²) in [6.07, 6.45) is 3.25. The molecule has 2 N–H and O–H groups in total. The van der Waals surface area contributed by atoms with Gasteiger partial charge >= 0.3 is 0 Å². The number of guanidine groups is 1. The Morgan fingerprint density at radius 1 is 1.24 bits per heavy atom. The minimum atomic E-state index is 0. The van der Waals surface area contributed by atoms with Crippen molar-refractivity contribution < 1.29 is 4.52 Å². The quantitative estimate of drug-likeness (QED) is 0.392. The number of nitrogens with one attached hydrogen (secondary N) is 2. The van der Waals surface area contributed by atoms with Gasteiger partial charge in [0.1, 0.15) is 6.54 Å². The van der Waals surface area contributed by atoms with E-state index in [2.05, 4.69) is 48.5 Å². The minimum absolute atomic E-state index is 0. The average Bonchev–Trinajstić information content (AvgIpc) is 2.92. The first-order chi connectivity index (χ1) is 9.74. The highest BCUT2D eigenvalue weighted by atomic mass is 127. The molecule has 1 rings (SSSR count). The van der Waals surface area contributed by atoms with Crippen LogP contribution in [-0.2, 0) is 6.54 Å². The molecule has 1 heterocycles. The summed E-state index contributed by atoms with van der Waals surface area (Å²) in [4.78, 5) is 4.51. The second-order valence-corrected chi connectivity index (χ2v) is 4.85. The number of aromatic nitrogens is 1. The summed E-state index contributed by atoms with van der Waals surface area (Å²) in [5, 5.41) is 10.6. The summed E-state index contributed by atoms with van der Waals surface area (Å²) in [6.45, 7) is 10.8. The molecule has 1 aromatic heterocycles. The lowest BCUT2D eigenvalue weighted by Gasteiger charge is -2.09. The topological polar surface area (TPSA) is 62.5 Å². The van der Waals surface area contributed by atoms with Crippen molar-refractivity contribution in [1.82, 2.24) is 15.8 Å². The summed E-state index contributed by atoms with van der Waals surface area (Å²) < 4.78 is 5.37. The molecule has 0 atom stereocenters. The number of rotatable bonds is 8. The second kappa shape index (κ2) is 11.8. The molecule has 0 aliphatic heterocycles. The first-order valence-electron chi connectivity index (χ1n) is 7.72. The number of nitrogens with zero attached hydrogens (tertiary/aromatic N) is 2. The summed E-state index contributed by atoms with van der Waals surface area (Å²) in [5.41, 5.74) is 1.05. The molecular formula is C15H29IN4O. The van der Waals surface area contributed by atoms with Crippen LogP contribution in [0.1, 0.15) is 64.3 Å². The molecule has 0 saturated carbocycles. The van der Waals surface area contributed by atoms with Crippen molar-refractivity contribution in [3.8, 4) is 0 Å². The lowest BCUT2D eigenvalue weighted by atomic mass is 9.99. The molecule has 21 heavy (non-hydrogen) atoms. The number of halogens is 1. The van der Waals surface area contributed by atoms with Crippen LogP contribution in [0.2, 0.25) is 0 Å². The molecule has 6 heteroatoms. The van der Waals surface area contributed by atoms with Gasteiger partial charge in [-0.3, -0.25) is 0 Å². The molecule has 0 aromatic carbocycles. The smallest absolute Gasteiger partial charge is 0.191 e. The fourth-order valence-corrected chi connectivity index (χ4v) is 2.04. The Kier molecular flexibility index (Phi) is 11.4.